The maximum atomic E-state index is 6.27. The molecule has 1 aliphatic rings. The topological polar surface area (TPSA) is 50.9 Å². The Morgan fingerprint density at radius 1 is 1.26 bits per heavy atom. The fraction of sp³-hybridized carbons (Fsp3) is 0.438. The first-order valence-electron chi connectivity index (χ1n) is 7.14. The zero-order valence-corrected chi connectivity index (χ0v) is 11.4. The van der Waals surface area contributed by atoms with Crippen LogP contribution in [0.2, 0.25) is 0 Å². The summed E-state index contributed by atoms with van der Waals surface area (Å²) >= 11 is 0. The van der Waals surface area contributed by atoms with Gasteiger partial charge in [0.05, 0.1) is 16.9 Å². The van der Waals surface area contributed by atoms with Crippen molar-refractivity contribution in [2.45, 2.75) is 38.6 Å². The highest BCUT2D eigenvalue weighted by Gasteiger charge is 2.19. The number of anilines is 2. The van der Waals surface area contributed by atoms with E-state index in [0.717, 1.165) is 28.2 Å². The Kier molecular flexibility index (Phi) is 3.28. The molecular weight excluding hydrogens is 234 g/mol. The van der Waals surface area contributed by atoms with E-state index < -0.39 is 0 Å². The van der Waals surface area contributed by atoms with Crippen LogP contribution in [0.1, 0.15) is 32.6 Å². The third kappa shape index (κ3) is 2.50. The van der Waals surface area contributed by atoms with Gasteiger partial charge in [0, 0.05) is 17.6 Å². The average Bonchev–Trinajstić information content (AvgIpc) is 2.42. The van der Waals surface area contributed by atoms with Crippen LogP contribution in [0, 0.1) is 5.92 Å². The molecular formula is C16H21N3. The number of benzene rings is 1. The van der Waals surface area contributed by atoms with Gasteiger partial charge >= 0.3 is 0 Å². The molecule has 3 nitrogen and oxygen atoms in total. The number of hydrogen-bond donors (Lipinski definition) is 2. The maximum absolute atomic E-state index is 6.27. The number of hydrogen-bond acceptors (Lipinski definition) is 3. The fourth-order valence-corrected chi connectivity index (χ4v) is 3.09. The number of nitrogens with one attached hydrogen (secondary N) is 1. The Morgan fingerprint density at radius 2 is 2.16 bits per heavy atom. The molecule has 0 spiro atoms. The van der Waals surface area contributed by atoms with Crippen molar-refractivity contribution in [2.24, 2.45) is 5.92 Å². The van der Waals surface area contributed by atoms with Gasteiger partial charge in [-0.05, 0) is 43.0 Å². The quantitative estimate of drug-likeness (QED) is 0.802. The molecule has 19 heavy (non-hydrogen) atoms. The summed E-state index contributed by atoms with van der Waals surface area (Å²) in [6, 6.07) is 8.63. The van der Waals surface area contributed by atoms with E-state index in [1.807, 2.05) is 18.2 Å². The summed E-state index contributed by atoms with van der Waals surface area (Å²) in [4.78, 5) is 4.33. The van der Waals surface area contributed by atoms with Crippen molar-refractivity contribution in [3.63, 3.8) is 0 Å². The summed E-state index contributed by atoms with van der Waals surface area (Å²) in [7, 11) is 0. The molecule has 2 aromatic rings. The predicted octanol–water partition coefficient (Wildman–Crippen LogP) is 3.81. The van der Waals surface area contributed by atoms with E-state index in [-0.39, 0.29) is 0 Å². The first-order valence-corrected chi connectivity index (χ1v) is 7.14. The minimum Gasteiger partial charge on any atom is -0.397 e. The molecule has 2 atom stereocenters. The highest BCUT2D eigenvalue weighted by atomic mass is 14.9. The average molecular weight is 255 g/mol. The number of nitrogens with zero attached hydrogens (tertiary/aromatic N) is 1. The lowest BCUT2D eigenvalue weighted by Crippen LogP contribution is -2.26. The van der Waals surface area contributed by atoms with Gasteiger partial charge in [0.2, 0.25) is 0 Å². The molecule has 2 unspecified atom stereocenters. The molecule has 0 radical (unpaired) electrons. The third-order valence-electron chi connectivity index (χ3n) is 4.12. The largest absolute Gasteiger partial charge is 0.397 e. The van der Waals surface area contributed by atoms with Gasteiger partial charge in [-0.25, -0.2) is 0 Å². The standard InChI is InChI=1S/C16H21N3/c1-11-4-2-5-12(10-11)19-15-8-7-14-13(16(15)17)6-3-9-18-14/h3,6-9,11-12,19H,2,4-5,10,17H2,1H3. The first kappa shape index (κ1) is 12.3. The third-order valence-corrected chi connectivity index (χ3v) is 4.12. The monoisotopic (exact) mass is 255 g/mol. The van der Waals surface area contributed by atoms with E-state index >= 15 is 0 Å². The van der Waals surface area contributed by atoms with Crippen LogP contribution in [-0.2, 0) is 0 Å². The summed E-state index contributed by atoms with van der Waals surface area (Å²) in [5.41, 5.74) is 9.11. The van der Waals surface area contributed by atoms with Gasteiger partial charge in [-0.3, -0.25) is 4.98 Å². The fourth-order valence-electron chi connectivity index (χ4n) is 3.09. The van der Waals surface area contributed by atoms with Crippen molar-refractivity contribution in [1.29, 1.82) is 0 Å². The van der Waals surface area contributed by atoms with E-state index in [1.54, 1.807) is 6.20 Å². The van der Waals surface area contributed by atoms with Crippen LogP contribution in [0.3, 0.4) is 0 Å². The Morgan fingerprint density at radius 3 is 3.00 bits per heavy atom. The molecule has 0 amide bonds. The summed E-state index contributed by atoms with van der Waals surface area (Å²) in [5, 5.41) is 4.66. The first-order chi connectivity index (χ1) is 9.24. The second-order valence-corrected chi connectivity index (χ2v) is 5.71. The Bertz CT molecular complexity index is 579. The van der Waals surface area contributed by atoms with Crippen molar-refractivity contribution >= 4 is 22.3 Å². The molecule has 0 bridgehead atoms. The molecule has 1 aromatic carbocycles. The predicted molar refractivity (Wildman–Crippen MR) is 81.2 cm³/mol. The number of pyridine rings is 1. The zero-order valence-electron chi connectivity index (χ0n) is 11.4. The lowest BCUT2D eigenvalue weighted by molar-refractivity contribution is 0.359. The normalized spacial score (nSPS) is 23.4. The van der Waals surface area contributed by atoms with Gasteiger partial charge < -0.3 is 11.1 Å². The van der Waals surface area contributed by atoms with Gasteiger partial charge in [-0.1, -0.05) is 19.8 Å². The minimum atomic E-state index is 0.556. The molecule has 3 heteroatoms. The van der Waals surface area contributed by atoms with Gasteiger partial charge in [0.1, 0.15) is 0 Å². The summed E-state index contributed by atoms with van der Waals surface area (Å²) in [6.45, 7) is 2.33. The second-order valence-electron chi connectivity index (χ2n) is 5.71. The molecule has 1 heterocycles. The molecule has 1 fully saturated rings. The summed E-state index contributed by atoms with van der Waals surface area (Å²) in [5.74, 6) is 0.814. The Labute approximate surface area is 114 Å². The van der Waals surface area contributed by atoms with E-state index in [9.17, 15) is 0 Å². The van der Waals surface area contributed by atoms with Crippen molar-refractivity contribution in [1.82, 2.24) is 4.98 Å². The highest BCUT2D eigenvalue weighted by molar-refractivity contribution is 5.96. The molecule has 1 saturated carbocycles. The maximum Gasteiger partial charge on any atom is 0.0724 e. The molecule has 100 valence electrons. The van der Waals surface area contributed by atoms with Crippen molar-refractivity contribution < 1.29 is 0 Å². The summed E-state index contributed by atoms with van der Waals surface area (Å²) in [6.07, 6.45) is 6.96. The smallest absolute Gasteiger partial charge is 0.0724 e. The number of nitrogens with two attached hydrogens (primary N) is 1. The molecule has 3 rings (SSSR count). The van der Waals surface area contributed by atoms with Crippen LogP contribution in [-0.4, -0.2) is 11.0 Å². The van der Waals surface area contributed by atoms with Crippen molar-refractivity contribution in [2.75, 3.05) is 11.1 Å². The van der Waals surface area contributed by atoms with Crippen LogP contribution in [0.4, 0.5) is 11.4 Å². The molecule has 3 N–H and O–H groups in total. The van der Waals surface area contributed by atoms with Crippen molar-refractivity contribution in [3.8, 4) is 0 Å². The van der Waals surface area contributed by atoms with Crippen molar-refractivity contribution in [3.05, 3.63) is 30.5 Å². The second kappa shape index (κ2) is 5.08. The number of fused-ring (bicyclic) bond motifs is 1. The van der Waals surface area contributed by atoms with Crippen LogP contribution in [0.15, 0.2) is 30.5 Å². The molecule has 0 saturated heterocycles. The van der Waals surface area contributed by atoms with E-state index in [0.29, 0.717) is 6.04 Å². The molecule has 0 aliphatic heterocycles. The number of aromatic nitrogens is 1. The van der Waals surface area contributed by atoms with Gasteiger partial charge in [-0.2, -0.15) is 0 Å². The highest BCUT2D eigenvalue weighted by Crippen LogP contribution is 2.31. The minimum absolute atomic E-state index is 0.556. The molecule has 1 aliphatic carbocycles. The SMILES string of the molecule is CC1CCCC(Nc2ccc3ncccc3c2N)C1. The summed E-state index contributed by atoms with van der Waals surface area (Å²) < 4.78 is 0. The van der Waals surface area contributed by atoms with E-state index in [1.165, 1.54) is 25.7 Å². The molecule has 1 aromatic heterocycles. The number of rotatable bonds is 2. The number of nitrogen functional groups attached to an aromatic ring is 1. The van der Waals surface area contributed by atoms with Crippen LogP contribution in [0.5, 0.6) is 0 Å². The van der Waals surface area contributed by atoms with E-state index in [2.05, 4.69) is 23.3 Å². The Balaban J connectivity index is 1.86. The lowest BCUT2D eigenvalue weighted by Gasteiger charge is -2.28. The van der Waals surface area contributed by atoms with Gasteiger partial charge in [0.15, 0.2) is 0 Å². The van der Waals surface area contributed by atoms with Crippen LogP contribution >= 0.6 is 0 Å². The Hall–Kier alpha value is -1.77. The van der Waals surface area contributed by atoms with Crippen LogP contribution < -0.4 is 11.1 Å². The van der Waals surface area contributed by atoms with Gasteiger partial charge in [0.25, 0.3) is 0 Å². The van der Waals surface area contributed by atoms with Crippen LogP contribution in [0.25, 0.3) is 10.9 Å². The zero-order chi connectivity index (χ0) is 13.2. The van der Waals surface area contributed by atoms with Gasteiger partial charge in [-0.15, -0.1) is 0 Å². The lowest BCUT2D eigenvalue weighted by atomic mass is 9.87. The van der Waals surface area contributed by atoms with E-state index in [4.69, 9.17) is 5.73 Å².